The number of carboxylic acids is 1. The lowest BCUT2D eigenvalue weighted by molar-refractivity contribution is 0.0685. The van der Waals surface area contributed by atoms with Gasteiger partial charge in [-0.05, 0) is 56.2 Å². The van der Waals surface area contributed by atoms with E-state index in [2.05, 4.69) is 4.98 Å². The maximum absolute atomic E-state index is 13.2. The first-order chi connectivity index (χ1) is 11.9. The Morgan fingerprint density at radius 1 is 1.12 bits per heavy atom. The predicted molar refractivity (Wildman–Crippen MR) is 94.3 cm³/mol. The number of rotatable bonds is 4. The molecule has 1 aromatic heterocycles. The molecule has 0 spiro atoms. The molecule has 25 heavy (non-hydrogen) atoms. The number of nitrogens with zero attached hydrogens (tertiary/aromatic N) is 2. The smallest absolute Gasteiger partial charge is 0.354 e. The second-order valence-electron chi connectivity index (χ2n) is 6.20. The van der Waals surface area contributed by atoms with E-state index in [1.807, 2.05) is 32.0 Å². The third-order valence-electron chi connectivity index (χ3n) is 4.28. The lowest BCUT2D eigenvalue weighted by Gasteiger charge is -2.13. The number of benzene rings is 2. The highest BCUT2D eigenvalue weighted by molar-refractivity contribution is 5.88. The van der Waals surface area contributed by atoms with Crippen LogP contribution in [0.1, 0.15) is 32.9 Å². The van der Waals surface area contributed by atoms with E-state index in [0.717, 1.165) is 16.7 Å². The zero-order chi connectivity index (χ0) is 18.1. The third kappa shape index (κ3) is 3.31. The molecular formula is C20H19FN2O2. The van der Waals surface area contributed by atoms with Gasteiger partial charge < -0.3 is 9.67 Å². The average molecular weight is 338 g/mol. The van der Waals surface area contributed by atoms with Crippen molar-refractivity contribution < 1.29 is 14.3 Å². The molecule has 0 saturated carbocycles. The quantitative estimate of drug-likeness (QED) is 0.769. The minimum Gasteiger partial charge on any atom is -0.477 e. The number of aryl methyl sites for hydroxylation is 3. The summed E-state index contributed by atoms with van der Waals surface area (Å²) in [6, 6.07) is 12.0. The second-order valence-corrected chi connectivity index (χ2v) is 6.20. The molecule has 0 radical (unpaired) electrons. The number of halogens is 1. The molecule has 0 aliphatic rings. The van der Waals surface area contributed by atoms with E-state index in [-0.39, 0.29) is 11.5 Å². The van der Waals surface area contributed by atoms with Crippen LogP contribution >= 0.6 is 0 Å². The monoisotopic (exact) mass is 338 g/mol. The largest absolute Gasteiger partial charge is 0.477 e. The van der Waals surface area contributed by atoms with Gasteiger partial charge in [-0.1, -0.05) is 23.8 Å². The van der Waals surface area contributed by atoms with Crippen LogP contribution in [0.5, 0.6) is 0 Å². The van der Waals surface area contributed by atoms with E-state index in [1.54, 1.807) is 23.6 Å². The number of carboxylic acid groups (broad SMARTS) is 1. The van der Waals surface area contributed by atoms with Gasteiger partial charge >= 0.3 is 5.97 Å². The van der Waals surface area contributed by atoms with Crippen molar-refractivity contribution in [3.05, 3.63) is 76.4 Å². The second kappa shape index (κ2) is 6.51. The molecule has 3 aromatic rings. The zero-order valence-corrected chi connectivity index (χ0v) is 14.4. The van der Waals surface area contributed by atoms with Gasteiger partial charge in [0.15, 0.2) is 5.69 Å². The SMILES string of the molecule is Cc1ccc(C)c(Cn2c(-c3ccc(F)cc3)nc(C)c2C(=O)O)c1. The Labute approximate surface area is 145 Å². The van der Waals surface area contributed by atoms with Crippen LogP contribution in [0, 0.1) is 26.6 Å². The van der Waals surface area contributed by atoms with Gasteiger partial charge in [-0.25, -0.2) is 14.2 Å². The number of aromatic nitrogens is 2. The van der Waals surface area contributed by atoms with Gasteiger partial charge in [0.25, 0.3) is 0 Å². The summed E-state index contributed by atoms with van der Waals surface area (Å²) in [6.07, 6.45) is 0. The summed E-state index contributed by atoms with van der Waals surface area (Å²) in [5, 5.41) is 9.63. The fourth-order valence-electron chi connectivity index (χ4n) is 2.96. The summed E-state index contributed by atoms with van der Waals surface area (Å²) in [4.78, 5) is 16.2. The van der Waals surface area contributed by atoms with Crippen molar-refractivity contribution in [2.45, 2.75) is 27.3 Å². The predicted octanol–water partition coefficient (Wildman–Crippen LogP) is 4.36. The Morgan fingerprint density at radius 3 is 2.44 bits per heavy atom. The molecule has 2 aromatic carbocycles. The molecule has 0 aliphatic carbocycles. The highest BCUT2D eigenvalue weighted by Crippen LogP contribution is 2.25. The Kier molecular flexibility index (Phi) is 4.40. The van der Waals surface area contributed by atoms with Gasteiger partial charge in [0.2, 0.25) is 0 Å². The molecular weight excluding hydrogens is 319 g/mol. The van der Waals surface area contributed by atoms with E-state index >= 15 is 0 Å². The standard InChI is InChI=1S/C20H19FN2O2/c1-12-4-5-13(2)16(10-12)11-23-18(20(24)25)14(3)22-19(23)15-6-8-17(21)9-7-15/h4-10H,11H2,1-3H3,(H,24,25). The summed E-state index contributed by atoms with van der Waals surface area (Å²) in [7, 11) is 0. The van der Waals surface area contributed by atoms with E-state index in [9.17, 15) is 14.3 Å². The third-order valence-corrected chi connectivity index (χ3v) is 4.28. The number of hydrogen-bond donors (Lipinski definition) is 1. The molecule has 1 N–H and O–H groups in total. The van der Waals surface area contributed by atoms with Crippen molar-refractivity contribution in [3.63, 3.8) is 0 Å². The molecule has 0 amide bonds. The minimum absolute atomic E-state index is 0.153. The number of carbonyl (C=O) groups is 1. The first-order valence-electron chi connectivity index (χ1n) is 7.99. The molecule has 0 aliphatic heterocycles. The Bertz CT molecular complexity index is 943. The average Bonchev–Trinajstić information content (AvgIpc) is 2.88. The molecule has 0 unspecified atom stereocenters. The van der Waals surface area contributed by atoms with Crippen LogP contribution in [0.25, 0.3) is 11.4 Å². The fourth-order valence-corrected chi connectivity index (χ4v) is 2.96. The lowest BCUT2D eigenvalue weighted by Crippen LogP contribution is -2.12. The van der Waals surface area contributed by atoms with Crippen molar-refractivity contribution in [1.82, 2.24) is 9.55 Å². The maximum atomic E-state index is 13.2. The van der Waals surface area contributed by atoms with Crippen LogP contribution in [-0.2, 0) is 6.54 Å². The summed E-state index contributed by atoms with van der Waals surface area (Å²) < 4.78 is 14.9. The highest BCUT2D eigenvalue weighted by Gasteiger charge is 2.21. The number of hydrogen-bond acceptors (Lipinski definition) is 2. The number of aromatic carboxylic acids is 1. The Balaban J connectivity index is 2.17. The molecule has 5 heteroatoms. The van der Waals surface area contributed by atoms with Gasteiger partial charge in [0, 0.05) is 5.56 Å². The molecule has 0 fully saturated rings. The molecule has 0 saturated heterocycles. The molecule has 128 valence electrons. The van der Waals surface area contributed by atoms with Crippen molar-refractivity contribution in [3.8, 4) is 11.4 Å². The zero-order valence-electron chi connectivity index (χ0n) is 14.4. The fraction of sp³-hybridized carbons (Fsp3) is 0.200. The molecule has 1 heterocycles. The lowest BCUT2D eigenvalue weighted by atomic mass is 10.1. The van der Waals surface area contributed by atoms with Crippen LogP contribution < -0.4 is 0 Å². The minimum atomic E-state index is -1.02. The van der Waals surface area contributed by atoms with Gasteiger partial charge in [-0.2, -0.15) is 0 Å². The van der Waals surface area contributed by atoms with Crippen LogP contribution in [0.2, 0.25) is 0 Å². The molecule has 3 rings (SSSR count). The van der Waals surface area contributed by atoms with Crippen molar-refractivity contribution in [2.24, 2.45) is 0 Å². The van der Waals surface area contributed by atoms with E-state index in [1.165, 1.54) is 12.1 Å². The molecule has 0 atom stereocenters. The first-order valence-corrected chi connectivity index (χ1v) is 7.99. The van der Waals surface area contributed by atoms with Crippen molar-refractivity contribution in [1.29, 1.82) is 0 Å². The van der Waals surface area contributed by atoms with E-state index in [0.29, 0.717) is 23.6 Å². The summed E-state index contributed by atoms with van der Waals surface area (Å²) in [5.74, 6) is -0.842. The normalized spacial score (nSPS) is 10.9. The maximum Gasteiger partial charge on any atom is 0.354 e. The van der Waals surface area contributed by atoms with Crippen molar-refractivity contribution in [2.75, 3.05) is 0 Å². The van der Waals surface area contributed by atoms with Crippen LogP contribution in [0.4, 0.5) is 4.39 Å². The van der Waals surface area contributed by atoms with Crippen molar-refractivity contribution >= 4 is 5.97 Å². The summed E-state index contributed by atoms with van der Waals surface area (Å²) in [6.45, 7) is 6.07. The Hall–Kier alpha value is -2.95. The first kappa shape index (κ1) is 16.9. The highest BCUT2D eigenvalue weighted by atomic mass is 19.1. The van der Waals surface area contributed by atoms with Gasteiger partial charge in [0.1, 0.15) is 11.6 Å². The number of imidazole rings is 1. The topological polar surface area (TPSA) is 55.1 Å². The molecule has 4 nitrogen and oxygen atoms in total. The van der Waals surface area contributed by atoms with Crippen LogP contribution in [-0.4, -0.2) is 20.6 Å². The van der Waals surface area contributed by atoms with Gasteiger partial charge in [-0.15, -0.1) is 0 Å². The summed E-state index contributed by atoms with van der Waals surface area (Å²) in [5.41, 5.74) is 4.50. The molecule has 0 bridgehead atoms. The van der Waals surface area contributed by atoms with Gasteiger partial charge in [0.05, 0.1) is 12.2 Å². The van der Waals surface area contributed by atoms with Crippen LogP contribution in [0.15, 0.2) is 42.5 Å². The Morgan fingerprint density at radius 2 is 1.80 bits per heavy atom. The van der Waals surface area contributed by atoms with Crippen LogP contribution in [0.3, 0.4) is 0 Å². The van der Waals surface area contributed by atoms with Gasteiger partial charge in [-0.3, -0.25) is 0 Å². The van der Waals surface area contributed by atoms with E-state index in [4.69, 9.17) is 0 Å². The summed E-state index contributed by atoms with van der Waals surface area (Å²) >= 11 is 0. The van der Waals surface area contributed by atoms with E-state index < -0.39 is 5.97 Å².